The van der Waals surface area contributed by atoms with E-state index >= 15 is 0 Å². The summed E-state index contributed by atoms with van der Waals surface area (Å²) in [5, 5.41) is 22.0. The molecule has 4 aromatic rings. The Bertz CT molecular complexity index is 1290. The van der Waals surface area contributed by atoms with Gasteiger partial charge in [-0.2, -0.15) is 0 Å². The summed E-state index contributed by atoms with van der Waals surface area (Å²) >= 11 is 1.18. The lowest BCUT2D eigenvalue weighted by molar-refractivity contribution is -0.113. The molecule has 3 aromatic carbocycles. The van der Waals surface area contributed by atoms with Crippen molar-refractivity contribution in [1.29, 1.82) is 0 Å². The lowest BCUT2D eigenvalue weighted by Crippen LogP contribution is -2.15. The Kier molecular flexibility index (Phi) is 6.23. The number of aromatic hydroxyl groups is 1. The summed E-state index contributed by atoms with van der Waals surface area (Å²) in [7, 11) is 0. The highest BCUT2D eigenvalue weighted by atomic mass is 32.2. The summed E-state index contributed by atoms with van der Waals surface area (Å²) in [6, 6.07) is 18.9. The maximum atomic E-state index is 13.8. The normalized spacial score (nSPS) is 10.8. The molecule has 32 heavy (non-hydrogen) atoms. The van der Waals surface area contributed by atoms with E-state index in [4.69, 9.17) is 0 Å². The average Bonchev–Trinajstić information content (AvgIpc) is 3.18. The van der Waals surface area contributed by atoms with Crippen LogP contribution < -0.4 is 5.32 Å². The topological polar surface area (TPSA) is 80.0 Å². The summed E-state index contributed by atoms with van der Waals surface area (Å²) in [4.78, 5) is 12.4. The van der Waals surface area contributed by atoms with Gasteiger partial charge in [0.15, 0.2) is 11.0 Å². The zero-order valence-corrected chi connectivity index (χ0v) is 18.4. The molecule has 4 rings (SSSR count). The summed E-state index contributed by atoms with van der Waals surface area (Å²) in [5.41, 5.74) is 3.61. The van der Waals surface area contributed by atoms with E-state index in [1.165, 1.54) is 23.9 Å². The van der Waals surface area contributed by atoms with Crippen molar-refractivity contribution >= 4 is 23.4 Å². The number of phenolic OH excluding ortho intramolecular Hbond substituents is 1. The SMILES string of the molecule is Cc1ccc(-n2c(SCC(=O)Nc3ccccc3F)nnc2-c2ccccc2O)c(C)c1. The number of para-hydroxylation sites is 2. The van der Waals surface area contributed by atoms with Gasteiger partial charge in [-0.15, -0.1) is 10.2 Å². The molecule has 8 heteroatoms. The van der Waals surface area contributed by atoms with Gasteiger partial charge in [0.25, 0.3) is 0 Å². The number of anilines is 1. The second kappa shape index (κ2) is 9.23. The smallest absolute Gasteiger partial charge is 0.234 e. The van der Waals surface area contributed by atoms with Crippen LogP contribution in [0.3, 0.4) is 0 Å². The number of hydrogen-bond acceptors (Lipinski definition) is 5. The maximum Gasteiger partial charge on any atom is 0.234 e. The molecule has 1 amide bonds. The van der Waals surface area contributed by atoms with E-state index in [1.807, 2.05) is 42.7 Å². The monoisotopic (exact) mass is 448 g/mol. The third-order valence-electron chi connectivity index (χ3n) is 4.85. The lowest BCUT2D eigenvalue weighted by Gasteiger charge is -2.14. The number of phenols is 1. The summed E-state index contributed by atoms with van der Waals surface area (Å²) in [6.07, 6.45) is 0. The Morgan fingerprint density at radius 3 is 2.56 bits per heavy atom. The minimum Gasteiger partial charge on any atom is -0.507 e. The molecule has 0 fully saturated rings. The van der Waals surface area contributed by atoms with Crippen molar-refractivity contribution in [3.05, 3.63) is 83.7 Å². The summed E-state index contributed by atoms with van der Waals surface area (Å²) in [5.74, 6) is -0.296. The number of hydrogen-bond donors (Lipinski definition) is 2. The van der Waals surface area contributed by atoms with Gasteiger partial charge in [-0.25, -0.2) is 4.39 Å². The molecule has 0 radical (unpaired) electrons. The highest BCUT2D eigenvalue weighted by Gasteiger charge is 2.20. The van der Waals surface area contributed by atoms with Crippen LogP contribution in [0.25, 0.3) is 17.1 Å². The first kappa shape index (κ1) is 21.6. The van der Waals surface area contributed by atoms with Gasteiger partial charge in [0.05, 0.1) is 22.7 Å². The van der Waals surface area contributed by atoms with Crippen LogP contribution in [0.2, 0.25) is 0 Å². The molecule has 0 aliphatic heterocycles. The number of aromatic nitrogens is 3. The molecular weight excluding hydrogens is 427 g/mol. The van der Waals surface area contributed by atoms with Gasteiger partial charge in [0, 0.05) is 0 Å². The number of amides is 1. The number of halogens is 1. The molecule has 0 aliphatic rings. The van der Waals surface area contributed by atoms with Crippen LogP contribution in [0.1, 0.15) is 11.1 Å². The van der Waals surface area contributed by atoms with E-state index in [2.05, 4.69) is 15.5 Å². The Hall–Kier alpha value is -3.65. The van der Waals surface area contributed by atoms with Crippen LogP contribution >= 0.6 is 11.8 Å². The fourth-order valence-corrected chi connectivity index (χ4v) is 4.10. The third kappa shape index (κ3) is 4.50. The van der Waals surface area contributed by atoms with Gasteiger partial charge in [-0.1, -0.05) is 53.7 Å². The second-order valence-electron chi connectivity index (χ2n) is 7.27. The fourth-order valence-electron chi connectivity index (χ4n) is 3.35. The highest BCUT2D eigenvalue weighted by molar-refractivity contribution is 7.99. The summed E-state index contributed by atoms with van der Waals surface area (Å²) < 4.78 is 15.7. The van der Waals surface area contributed by atoms with Crippen molar-refractivity contribution in [1.82, 2.24) is 14.8 Å². The Morgan fingerprint density at radius 2 is 1.81 bits per heavy atom. The fraction of sp³-hybridized carbons (Fsp3) is 0.125. The highest BCUT2D eigenvalue weighted by Crippen LogP contribution is 2.33. The number of nitrogens with one attached hydrogen (secondary N) is 1. The van der Waals surface area contributed by atoms with Crippen LogP contribution in [0.15, 0.2) is 71.9 Å². The molecular formula is C24H21FN4O2S. The van der Waals surface area contributed by atoms with Crippen LogP contribution in [0.4, 0.5) is 10.1 Å². The van der Waals surface area contributed by atoms with E-state index in [9.17, 15) is 14.3 Å². The molecule has 0 unspecified atom stereocenters. The van der Waals surface area contributed by atoms with Crippen LogP contribution in [-0.2, 0) is 4.79 Å². The average molecular weight is 449 g/mol. The number of thioether (sulfide) groups is 1. The molecule has 0 saturated heterocycles. The molecule has 0 spiro atoms. The van der Waals surface area contributed by atoms with Gasteiger partial charge in [-0.3, -0.25) is 9.36 Å². The predicted molar refractivity (Wildman–Crippen MR) is 124 cm³/mol. The van der Waals surface area contributed by atoms with E-state index in [0.717, 1.165) is 16.8 Å². The first-order chi connectivity index (χ1) is 15.4. The number of nitrogens with zero attached hydrogens (tertiary/aromatic N) is 3. The van der Waals surface area contributed by atoms with Crippen LogP contribution in [-0.4, -0.2) is 31.5 Å². The first-order valence-electron chi connectivity index (χ1n) is 9.92. The van der Waals surface area contributed by atoms with E-state index < -0.39 is 5.82 Å². The Balaban J connectivity index is 1.67. The Morgan fingerprint density at radius 1 is 1.06 bits per heavy atom. The number of carbonyl (C=O) groups excluding carboxylic acids is 1. The molecule has 0 bridgehead atoms. The zero-order valence-electron chi connectivity index (χ0n) is 17.5. The molecule has 1 aromatic heterocycles. The van der Waals surface area contributed by atoms with Crippen LogP contribution in [0, 0.1) is 19.7 Å². The van der Waals surface area contributed by atoms with Crippen molar-refractivity contribution in [2.24, 2.45) is 0 Å². The maximum absolute atomic E-state index is 13.8. The largest absolute Gasteiger partial charge is 0.507 e. The van der Waals surface area contributed by atoms with E-state index in [1.54, 1.807) is 30.3 Å². The van der Waals surface area contributed by atoms with E-state index in [0.29, 0.717) is 16.5 Å². The van der Waals surface area contributed by atoms with Crippen LogP contribution in [0.5, 0.6) is 5.75 Å². The van der Waals surface area contributed by atoms with Gasteiger partial charge >= 0.3 is 0 Å². The molecule has 2 N–H and O–H groups in total. The van der Waals surface area contributed by atoms with Gasteiger partial charge in [0.1, 0.15) is 11.6 Å². The molecule has 0 atom stereocenters. The zero-order chi connectivity index (χ0) is 22.7. The lowest BCUT2D eigenvalue weighted by atomic mass is 10.1. The Labute approximate surface area is 189 Å². The molecule has 0 saturated carbocycles. The van der Waals surface area contributed by atoms with Gasteiger partial charge < -0.3 is 10.4 Å². The predicted octanol–water partition coefficient (Wildman–Crippen LogP) is 5.13. The van der Waals surface area contributed by atoms with E-state index in [-0.39, 0.29) is 23.1 Å². The summed E-state index contributed by atoms with van der Waals surface area (Å²) in [6.45, 7) is 3.99. The molecule has 6 nitrogen and oxygen atoms in total. The van der Waals surface area contributed by atoms with Crippen molar-refractivity contribution in [3.8, 4) is 22.8 Å². The van der Waals surface area contributed by atoms with Crippen molar-refractivity contribution in [2.45, 2.75) is 19.0 Å². The second-order valence-corrected chi connectivity index (χ2v) is 8.21. The minimum absolute atomic E-state index is 0.0121. The van der Waals surface area contributed by atoms with Crippen molar-refractivity contribution in [2.75, 3.05) is 11.1 Å². The standard InChI is InChI=1S/C24H21FN4O2S/c1-15-11-12-20(16(2)13-15)29-23(17-7-3-6-10-21(17)30)27-28-24(29)32-14-22(31)26-19-9-5-4-8-18(19)25/h3-13,30H,14H2,1-2H3,(H,26,31). The number of benzene rings is 3. The molecule has 162 valence electrons. The van der Waals surface area contributed by atoms with Gasteiger partial charge in [0.2, 0.25) is 5.91 Å². The number of carbonyl (C=O) groups is 1. The molecule has 1 heterocycles. The molecule has 0 aliphatic carbocycles. The third-order valence-corrected chi connectivity index (χ3v) is 5.78. The number of rotatable bonds is 6. The van der Waals surface area contributed by atoms with Crippen molar-refractivity contribution in [3.63, 3.8) is 0 Å². The quantitative estimate of drug-likeness (QED) is 0.400. The first-order valence-corrected chi connectivity index (χ1v) is 10.9. The van der Waals surface area contributed by atoms with Gasteiger partial charge in [-0.05, 0) is 49.7 Å². The van der Waals surface area contributed by atoms with Crippen molar-refractivity contribution < 1.29 is 14.3 Å². The number of aryl methyl sites for hydroxylation is 2. The minimum atomic E-state index is -0.494.